The van der Waals surface area contributed by atoms with Gasteiger partial charge in [0.2, 0.25) is 0 Å². The van der Waals surface area contributed by atoms with Gasteiger partial charge < -0.3 is 18.9 Å². The summed E-state index contributed by atoms with van der Waals surface area (Å²) in [4.78, 5) is 0. The molecule has 0 aliphatic carbocycles. The quantitative estimate of drug-likeness (QED) is 0.0869. The topological polar surface area (TPSA) is 36.9 Å². The van der Waals surface area contributed by atoms with Crippen LogP contribution >= 0.6 is 0 Å². The molecule has 6 heteroatoms. The van der Waals surface area contributed by atoms with E-state index < -0.39 is 0 Å². The molecule has 4 nitrogen and oxygen atoms in total. The van der Waals surface area contributed by atoms with E-state index in [1.807, 2.05) is 0 Å². The van der Waals surface area contributed by atoms with Crippen molar-refractivity contribution in [2.24, 2.45) is 0 Å². The maximum Gasteiger partial charge on any atom is 0.157 e. The van der Waals surface area contributed by atoms with Gasteiger partial charge in [-0.05, 0) is 38.5 Å². The summed E-state index contributed by atoms with van der Waals surface area (Å²) < 4.78 is 23.8. The van der Waals surface area contributed by atoms with Crippen LogP contribution in [0, 0.1) is 0 Å². The average Bonchev–Trinajstić information content (AvgIpc) is 2.77. The van der Waals surface area contributed by atoms with Crippen molar-refractivity contribution in [1.29, 1.82) is 0 Å². The first-order chi connectivity index (χ1) is 15.3. The summed E-state index contributed by atoms with van der Waals surface area (Å²) in [6.07, 6.45) is 14.2. The SMILES string of the molecule is CCCCOC(CCC[SiH2]C[SiH2]CCCC(OCCCC)OCCCC)OCCCC. The molecular formula is C25H56O4Si2. The Morgan fingerprint density at radius 2 is 0.806 bits per heavy atom. The van der Waals surface area contributed by atoms with Gasteiger partial charge in [0.15, 0.2) is 12.6 Å². The number of rotatable bonds is 26. The Morgan fingerprint density at radius 3 is 1.10 bits per heavy atom. The highest BCUT2D eigenvalue weighted by molar-refractivity contribution is 6.55. The molecule has 0 N–H and O–H groups in total. The Morgan fingerprint density at radius 1 is 0.484 bits per heavy atom. The predicted octanol–water partition coefficient (Wildman–Crippen LogP) is 6.02. The molecule has 0 heterocycles. The molecule has 0 aliphatic heterocycles. The summed E-state index contributed by atoms with van der Waals surface area (Å²) in [5.41, 5.74) is 1.61. The van der Waals surface area contributed by atoms with Crippen molar-refractivity contribution >= 4 is 19.0 Å². The van der Waals surface area contributed by atoms with E-state index >= 15 is 0 Å². The van der Waals surface area contributed by atoms with Crippen molar-refractivity contribution < 1.29 is 18.9 Å². The van der Waals surface area contributed by atoms with Crippen molar-refractivity contribution in [3.8, 4) is 0 Å². The van der Waals surface area contributed by atoms with Crippen LogP contribution in [0.25, 0.3) is 0 Å². The zero-order valence-electron chi connectivity index (χ0n) is 21.6. The summed E-state index contributed by atoms with van der Waals surface area (Å²) in [6, 6.07) is 2.92. The first-order valence-electron chi connectivity index (χ1n) is 13.7. The molecule has 0 spiro atoms. The lowest BCUT2D eigenvalue weighted by Crippen LogP contribution is -2.19. The molecule has 0 saturated heterocycles. The third-order valence-electron chi connectivity index (χ3n) is 5.59. The van der Waals surface area contributed by atoms with Gasteiger partial charge in [0.1, 0.15) is 0 Å². The standard InChI is InChI=1S/C25H56O4Si2/c1-5-9-17-26-24(27-18-10-6-2)15-13-21-30-23-31-22-14-16-25(28-19-11-7-3)29-20-12-8-4/h24-25H,5-23,30-31H2,1-4H3. The third-order valence-corrected chi connectivity index (χ3v) is 11.6. The zero-order valence-corrected chi connectivity index (χ0v) is 24.5. The summed E-state index contributed by atoms with van der Waals surface area (Å²) in [7, 11) is 0.258. The fraction of sp³-hybridized carbons (Fsp3) is 1.00. The normalized spacial score (nSPS) is 12.6. The van der Waals surface area contributed by atoms with Gasteiger partial charge in [-0.15, -0.1) is 0 Å². The van der Waals surface area contributed by atoms with E-state index in [0.29, 0.717) is 0 Å². The predicted molar refractivity (Wildman–Crippen MR) is 141 cm³/mol. The van der Waals surface area contributed by atoms with Crippen LogP contribution in [-0.2, 0) is 18.9 Å². The fourth-order valence-corrected chi connectivity index (χ4v) is 8.90. The Labute approximate surface area is 199 Å². The molecule has 0 saturated carbocycles. The fourth-order valence-electron chi connectivity index (χ4n) is 3.37. The molecule has 0 atom stereocenters. The van der Waals surface area contributed by atoms with E-state index in [2.05, 4.69) is 27.7 Å². The Bertz CT molecular complexity index is 285. The van der Waals surface area contributed by atoms with Crippen LogP contribution < -0.4 is 0 Å². The maximum absolute atomic E-state index is 5.96. The molecule has 0 aromatic carbocycles. The minimum absolute atomic E-state index is 0.0432. The second-order valence-electron chi connectivity index (χ2n) is 8.81. The first kappa shape index (κ1) is 31.3. The zero-order chi connectivity index (χ0) is 22.8. The van der Waals surface area contributed by atoms with Crippen molar-refractivity contribution in [3.63, 3.8) is 0 Å². The van der Waals surface area contributed by atoms with E-state index in [9.17, 15) is 0 Å². The van der Waals surface area contributed by atoms with Gasteiger partial charge in [-0.1, -0.05) is 84.0 Å². The van der Waals surface area contributed by atoms with Gasteiger partial charge in [-0.3, -0.25) is 0 Å². The van der Waals surface area contributed by atoms with E-state index in [1.54, 1.807) is 5.67 Å². The van der Waals surface area contributed by atoms with Gasteiger partial charge in [0, 0.05) is 45.5 Å². The molecular weight excluding hydrogens is 420 g/mol. The molecule has 0 aliphatic rings. The molecule has 0 unspecified atom stereocenters. The number of ether oxygens (including phenoxy) is 4. The van der Waals surface area contributed by atoms with E-state index in [1.165, 1.54) is 50.6 Å². The van der Waals surface area contributed by atoms with Gasteiger partial charge in [0.25, 0.3) is 0 Å². The smallest absolute Gasteiger partial charge is 0.157 e. The molecule has 0 bridgehead atoms. The van der Waals surface area contributed by atoms with Crippen LogP contribution in [0.5, 0.6) is 0 Å². The van der Waals surface area contributed by atoms with E-state index in [-0.39, 0.29) is 31.6 Å². The summed E-state index contributed by atoms with van der Waals surface area (Å²) in [5.74, 6) is 0. The van der Waals surface area contributed by atoms with Crippen molar-refractivity contribution in [2.75, 3.05) is 26.4 Å². The summed E-state index contributed by atoms with van der Waals surface area (Å²) in [6.45, 7) is 12.3. The summed E-state index contributed by atoms with van der Waals surface area (Å²) >= 11 is 0. The van der Waals surface area contributed by atoms with Gasteiger partial charge in [-0.2, -0.15) is 0 Å². The van der Waals surface area contributed by atoms with Crippen molar-refractivity contribution in [1.82, 2.24) is 0 Å². The summed E-state index contributed by atoms with van der Waals surface area (Å²) in [5, 5.41) is 0. The van der Waals surface area contributed by atoms with Gasteiger partial charge in [0.05, 0.1) is 0 Å². The molecule has 0 aromatic rings. The van der Waals surface area contributed by atoms with Crippen molar-refractivity contribution in [3.05, 3.63) is 0 Å². The van der Waals surface area contributed by atoms with Crippen LogP contribution in [0.1, 0.15) is 105 Å². The maximum atomic E-state index is 5.96. The highest BCUT2D eigenvalue weighted by atomic mass is 28.3. The highest BCUT2D eigenvalue weighted by Crippen LogP contribution is 2.12. The van der Waals surface area contributed by atoms with Crippen molar-refractivity contribution in [2.45, 2.75) is 135 Å². The minimum Gasteiger partial charge on any atom is -0.353 e. The number of hydrogen-bond donors (Lipinski definition) is 0. The monoisotopic (exact) mass is 476 g/mol. The lowest BCUT2D eigenvalue weighted by Gasteiger charge is -2.19. The van der Waals surface area contributed by atoms with Crippen LogP contribution in [-0.4, -0.2) is 58.0 Å². The molecule has 0 aromatic heterocycles. The number of unbranched alkanes of at least 4 members (excludes halogenated alkanes) is 4. The minimum atomic E-state index is 0.0432. The van der Waals surface area contributed by atoms with Crippen LogP contribution in [0.4, 0.5) is 0 Å². The Balaban J connectivity index is 3.75. The molecule has 188 valence electrons. The van der Waals surface area contributed by atoms with Crippen LogP contribution in [0.3, 0.4) is 0 Å². The van der Waals surface area contributed by atoms with Crippen LogP contribution in [0.2, 0.25) is 17.8 Å². The molecule has 0 rings (SSSR count). The molecule has 0 amide bonds. The largest absolute Gasteiger partial charge is 0.353 e. The van der Waals surface area contributed by atoms with E-state index in [4.69, 9.17) is 18.9 Å². The highest BCUT2D eigenvalue weighted by Gasteiger charge is 2.10. The lowest BCUT2D eigenvalue weighted by atomic mass is 10.3. The van der Waals surface area contributed by atoms with Gasteiger partial charge >= 0.3 is 0 Å². The molecule has 0 fully saturated rings. The van der Waals surface area contributed by atoms with Gasteiger partial charge in [-0.25, -0.2) is 0 Å². The Kier molecular flexibility index (Phi) is 26.8. The van der Waals surface area contributed by atoms with Crippen LogP contribution in [0.15, 0.2) is 0 Å². The Hall–Kier alpha value is 0.274. The second-order valence-corrected chi connectivity index (χ2v) is 14.5. The lowest BCUT2D eigenvalue weighted by molar-refractivity contribution is -0.147. The number of hydrogen-bond acceptors (Lipinski definition) is 4. The first-order valence-corrected chi connectivity index (χ1v) is 17.7. The average molecular weight is 477 g/mol. The molecule has 31 heavy (non-hydrogen) atoms. The van der Waals surface area contributed by atoms with E-state index in [0.717, 1.165) is 65.0 Å². The molecule has 0 radical (unpaired) electrons. The second kappa shape index (κ2) is 26.5. The third kappa shape index (κ3) is 23.2.